The molecule has 0 aliphatic carbocycles. The first-order valence-corrected chi connectivity index (χ1v) is 15.0. The Morgan fingerprint density at radius 2 is 1.93 bits per heavy atom. The lowest BCUT2D eigenvalue weighted by Gasteiger charge is -2.41. The highest BCUT2D eigenvalue weighted by Crippen LogP contribution is 2.37. The van der Waals surface area contributed by atoms with Crippen molar-refractivity contribution >= 4 is 40.0 Å². The van der Waals surface area contributed by atoms with E-state index in [2.05, 4.69) is 46.0 Å². The number of methoxy groups -OCH3 is 1. The number of nitriles is 1. The Labute approximate surface area is 256 Å². The fraction of sp³-hybridized carbons (Fsp3) is 0.484. The van der Waals surface area contributed by atoms with Crippen LogP contribution in [0.1, 0.15) is 24.1 Å². The number of carboxylic acid groups (broad SMARTS) is 1. The molecule has 3 aliphatic heterocycles. The Bertz CT molecular complexity index is 1540. The summed E-state index contributed by atoms with van der Waals surface area (Å²) in [4.78, 5) is 29.7. The van der Waals surface area contributed by atoms with E-state index in [4.69, 9.17) is 31.0 Å². The van der Waals surface area contributed by atoms with Crippen molar-refractivity contribution in [3.05, 3.63) is 52.7 Å². The van der Waals surface area contributed by atoms with Crippen LogP contribution in [0.15, 0.2) is 36.4 Å². The van der Waals surface area contributed by atoms with E-state index < -0.39 is 12.1 Å². The monoisotopic (exact) mass is 605 g/mol. The van der Waals surface area contributed by atoms with Gasteiger partial charge in [-0.1, -0.05) is 35.9 Å². The standard InChI is InChI=1S/C31H36ClN7O4/c1-36-17-23(42-2)15-22(36)19-43-30-34-26-18-37(27-8-4-6-20-5-3-7-25(32)28(20)27)12-10-24(26)29(35-30)38-13-14-39(31(40)41)21(16-38)9-11-33/h3-8,21-23H,9-10,12-19H2,1-2H3,(H,40,41)/t21-,22-,23+/m0/s1. The first-order chi connectivity index (χ1) is 20.9. The van der Waals surface area contributed by atoms with Gasteiger partial charge in [-0.2, -0.15) is 15.2 Å². The van der Waals surface area contributed by atoms with Crippen molar-refractivity contribution in [3.8, 4) is 12.1 Å². The highest BCUT2D eigenvalue weighted by atomic mass is 35.5. The number of carbonyl (C=O) groups is 1. The molecule has 2 aromatic carbocycles. The molecule has 1 amide bonds. The molecule has 12 heteroatoms. The van der Waals surface area contributed by atoms with Crippen LogP contribution in [0.25, 0.3) is 10.8 Å². The maximum atomic E-state index is 11.9. The summed E-state index contributed by atoms with van der Waals surface area (Å²) in [7, 11) is 3.80. The number of fused-ring (bicyclic) bond motifs is 2. The Kier molecular flexibility index (Phi) is 8.43. The van der Waals surface area contributed by atoms with Gasteiger partial charge < -0.3 is 29.3 Å². The number of likely N-dealkylation sites (N-methyl/N-ethyl adjacent to an activating group) is 1. The number of piperazine rings is 1. The molecule has 3 aromatic rings. The van der Waals surface area contributed by atoms with Gasteiger partial charge in [0.25, 0.3) is 0 Å². The molecule has 2 saturated heterocycles. The average Bonchev–Trinajstić information content (AvgIpc) is 3.38. The van der Waals surface area contributed by atoms with Gasteiger partial charge in [-0.15, -0.1) is 0 Å². The van der Waals surface area contributed by atoms with E-state index in [0.29, 0.717) is 50.2 Å². The highest BCUT2D eigenvalue weighted by molar-refractivity contribution is 6.36. The number of amides is 1. The van der Waals surface area contributed by atoms with Gasteiger partial charge >= 0.3 is 12.1 Å². The number of hydrogen-bond donors (Lipinski definition) is 1. The van der Waals surface area contributed by atoms with Gasteiger partial charge in [0.05, 0.1) is 41.9 Å². The van der Waals surface area contributed by atoms with E-state index in [-0.39, 0.29) is 18.6 Å². The predicted molar refractivity (Wildman–Crippen MR) is 164 cm³/mol. The number of anilines is 2. The van der Waals surface area contributed by atoms with Crippen LogP contribution in [0.5, 0.6) is 6.01 Å². The molecule has 0 radical (unpaired) electrons. The molecule has 43 heavy (non-hydrogen) atoms. The molecule has 0 bridgehead atoms. The number of rotatable bonds is 7. The van der Waals surface area contributed by atoms with Crippen LogP contribution >= 0.6 is 11.6 Å². The van der Waals surface area contributed by atoms with Crippen LogP contribution in [-0.2, 0) is 17.7 Å². The number of nitrogens with zero attached hydrogens (tertiary/aromatic N) is 7. The number of ether oxygens (including phenoxy) is 2. The SMILES string of the molecule is CO[C@@H]1C[C@@H](COc2nc3c(c(N4CCN(C(=O)O)[C@@H](CC#N)C4)n2)CCN(c2cccc4cccc(Cl)c24)C3)N(C)C1. The second kappa shape index (κ2) is 12.4. The van der Waals surface area contributed by atoms with E-state index in [1.165, 1.54) is 4.90 Å². The van der Waals surface area contributed by atoms with Gasteiger partial charge in [-0.3, -0.25) is 4.90 Å². The van der Waals surface area contributed by atoms with Gasteiger partial charge in [0.1, 0.15) is 12.4 Å². The fourth-order valence-electron chi connectivity index (χ4n) is 6.60. The molecule has 6 rings (SSSR count). The predicted octanol–water partition coefficient (Wildman–Crippen LogP) is 4.03. The summed E-state index contributed by atoms with van der Waals surface area (Å²) in [5.74, 6) is 0.762. The smallest absolute Gasteiger partial charge is 0.407 e. The topological polar surface area (TPSA) is 118 Å². The molecule has 3 aliphatic rings. The first kappa shape index (κ1) is 29.2. The summed E-state index contributed by atoms with van der Waals surface area (Å²) in [6.45, 7) is 3.72. The van der Waals surface area contributed by atoms with E-state index in [1.807, 2.05) is 18.2 Å². The highest BCUT2D eigenvalue weighted by Gasteiger charge is 2.35. The third-order valence-electron chi connectivity index (χ3n) is 8.94. The zero-order valence-corrected chi connectivity index (χ0v) is 25.2. The van der Waals surface area contributed by atoms with Crippen molar-refractivity contribution < 1.29 is 19.4 Å². The van der Waals surface area contributed by atoms with Crippen molar-refractivity contribution in [1.82, 2.24) is 19.8 Å². The van der Waals surface area contributed by atoms with E-state index >= 15 is 0 Å². The van der Waals surface area contributed by atoms with Crippen LogP contribution < -0.4 is 14.5 Å². The van der Waals surface area contributed by atoms with Crippen LogP contribution in [0.4, 0.5) is 16.3 Å². The number of halogens is 1. The van der Waals surface area contributed by atoms with Gasteiger partial charge in [0.15, 0.2) is 0 Å². The number of benzene rings is 2. The summed E-state index contributed by atoms with van der Waals surface area (Å²) in [5.41, 5.74) is 2.97. The fourth-order valence-corrected chi connectivity index (χ4v) is 6.88. The molecular weight excluding hydrogens is 570 g/mol. The zero-order chi connectivity index (χ0) is 30.1. The summed E-state index contributed by atoms with van der Waals surface area (Å²) in [6, 6.07) is 14.4. The molecule has 3 atom stereocenters. The molecule has 0 spiro atoms. The first-order valence-electron chi connectivity index (χ1n) is 14.7. The Hall–Kier alpha value is -3.85. The minimum absolute atomic E-state index is 0.115. The molecule has 4 heterocycles. The summed E-state index contributed by atoms with van der Waals surface area (Å²) in [5, 5.41) is 21.9. The minimum Gasteiger partial charge on any atom is -0.465 e. The van der Waals surface area contributed by atoms with Gasteiger partial charge in [0, 0.05) is 62.5 Å². The number of hydrogen-bond acceptors (Lipinski definition) is 9. The Morgan fingerprint density at radius 3 is 2.67 bits per heavy atom. The Morgan fingerprint density at radius 1 is 1.12 bits per heavy atom. The van der Waals surface area contributed by atoms with Crippen LogP contribution in [0.3, 0.4) is 0 Å². The maximum absolute atomic E-state index is 11.9. The minimum atomic E-state index is -1.01. The summed E-state index contributed by atoms with van der Waals surface area (Å²) < 4.78 is 11.8. The van der Waals surface area contributed by atoms with Crippen molar-refractivity contribution in [1.29, 1.82) is 5.26 Å². The third kappa shape index (κ3) is 5.87. The molecule has 1 N–H and O–H groups in total. The van der Waals surface area contributed by atoms with Crippen molar-refractivity contribution in [2.24, 2.45) is 0 Å². The summed E-state index contributed by atoms with van der Waals surface area (Å²) in [6.07, 6.45) is 0.849. The van der Waals surface area contributed by atoms with Crippen molar-refractivity contribution in [2.75, 3.05) is 63.3 Å². The van der Waals surface area contributed by atoms with Crippen molar-refractivity contribution in [3.63, 3.8) is 0 Å². The third-order valence-corrected chi connectivity index (χ3v) is 9.25. The summed E-state index contributed by atoms with van der Waals surface area (Å²) >= 11 is 6.68. The molecule has 11 nitrogen and oxygen atoms in total. The molecule has 0 saturated carbocycles. The largest absolute Gasteiger partial charge is 0.465 e. The number of aromatic nitrogens is 2. The van der Waals surface area contributed by atoms with E-state index in [9.17, 15) is 15.2 Å². The average molecular weight is 606 g/mol. The lowest BCUT2D eigenvalue weighted by Crippen LogP contribution is -2.55. The second-order valence-corrected chi connectivity index (χ2v) is 11.9. The van der Waals surface area contributed by atoms with Crippen molar-refractivity contribution in [2.45, 2.75) is 44.0 Å². The van der Waals surface area contributed by atoms with Gasteiger partial charge in [-0.05, 0) is 37.4 Å². The lowest BCUT2D eigenvalue weighted by atomic mass is 10.0. The molecular formula is C31H36ClN7O4. The van der Waals surface area contributed by atoms with E-state index in [0.717, 1.165) is 53.0 Å². The van der Waals surface area contributed by atoms with Crippen LogP contribution in [-0.4, -0.2) is 103 Å². The lowest BCUT2D eigenvalue weighted by molar-refractivity contribution is 0.111. The quantitative estimate of drug-likeness (QED) is 0.423. The van der Waals surface area contributed by atoms with Crippen LogP contribution in [0, 0.1) is 11.3 Å². The van der Waals surface area contributed by atoms with E-state index in [1.54, 1.807) is 7.11 Å². The molecule has 1 aromatic heterocycles. The maximum Gasteiger partial charge on any atom is 0.407 e. The molecule has 0 unspecified atom stereocenters. The van der Waals surface area contributed by atoms with Crippen LogP contribution in [0.2, 0.25) is 5.02 Å². The molecule has 226 valence electrons. The second-order valence-electron chi connectivity index (χ2n) is 11.5. The van der Waals surface area contributed by atoms with Gasteiger partial charge in [-0.25, -0.2) is 4.79 Å². The number of likely N-dealkylation sites (tertiary alicyclic amines) is 1. The zero-order valence-electron chi connectivity index (χ0n) is 24.4. The normalized spacial score (nSPS) is 22.5. The molecule has 2 fully saturated rings. The Balaban J connectivity index is 1.33. The van der Waals surface area contributed by atoms with Gasteiger partial charge in [0.2, 0.25) is 0 Å².